The predicted octanol–water partition coefficient (Wildman–Crippen LogP) is 5.41. The Kier molecular flexibility index (Phi) is 4.57. The molecular formula is C27H25FN4O. The quantitative estimate of drug-likeness (QED) is 0.428. The van der Waals surface area contributed by atoms with Crippen LogP contribution in [0, 0.1) is 5.82 Å². The van der Waals surface area contributed by atoms with Gasteiger partial charge in [0.2, 0.25) is 0 Å². The molecule has 6 rings (SSSR count). The predicted molar refractivity (Wildman–Crippen MR) is 125 cm³/mol. The fourth-order valence-electron chi connectivity index (χ4n) is 5.14. The van der Waals surface area contributed by atoms with Crippen LogP contribution >= 0.6 is 0 Å². The molecule has 1 aliphatic heterocycles. The Bertz CT molecular complexity index is 1400. The Hall–Kier alpha value is -3.54. The van der Waals surface area contributed by atoms with Crippen LogP contribution in [0.15, 0.2) is 54.6 Å². The number of hydrogen-bond donors (Lipinski definition) is 0. The highest BCUT2D eigenvalue weighted by atomic mass is 19.1. The van der Waals surface area contributed by atoms with Crippen molar-refractivity contribution in [3.05, 3.63) is 82.8 Å². The van der Waals surface area contributed by atoms with E-state index >= 15 is 0 Å². The summed E-state index contributed by atoms with van der Waals surface area (Å²) >= 11 is 0. The molecule has 2 aromatic heterocycles. The lowest BCUT2D eigenvalue weighted by molar-refractivity contribution is 0.0672. The molecule has 166 valence electrons. The van der Waals surface area contributed by atoms with Gasteiger partial charge in [0.1, 0.15) is 17.3 Å². The number of pyridine rings is 1. The second-order valence-corrected chi connectivity index (χ2v) is 9.14. The molecule has 6 heteroatoms. The first-order chi connectivity index (χ1) is 16.0. The lowest BCUT2D eigenvalue weighted by Gasteiger charge is -2.35. The summed E-state index contributed by atoms with van der Waals surface area (Å²) in [6.45, 7) is 2.74. The van der Waals surface area contributed by atoms with E-state index in [0.717, 1.165) is 30.3 Å². The maximum absolute atomic E-state index is 14.5. The second kappa shape index (κ2) is 7.51. The Labute approximate surface area is 191 Å². The molecule has 1 fully saturated rings. The van der Waals surface area contributed by atoms with Gasteiger partial charge < -0.3 is 9.47 Å². The number of imidazole rings is 1. The van der Waals surface area contributed by atoms with Crippen LogP contribution in [0.1, 0.15) is 58.9 Å². The molecule has 1 atom stereocenters. The zero-order valence-electron chi connectivity index (χ0n) is 18.8. The van der Waals surface area contributed by atoms with Gasteiger partial charge in [-0.2, -0.15) is 0 Å². The number of rotatable bonds is 3. The Morgan fingerprint density at radius 3 is 2.58 bits per heavy atom. The van der Waals surface area contributed by atoms with E-state index in [4.69, 9.17) is 9.97 Å². The van der Waals surface area contributed by atoms with E-state index in [1.165, 1.54) is 17.2 Å². The van der Waals surface area contributed by atoms with Crippen molar-refractivity contribution in [3.63, 3.8) is 0 Å². The zero-order valence-corrected chi connectivity index (χ0v) is 18.8. The molecule has 1 saturated carbocycles. The molecular weight excluding hydrogens is 415 g/mol. The van der Waals surface area contributed by atoms with E-state index in [2.05, 4.69) is 25.1 Å². The molecule has 3 heterocycles. The molecule has 2 aliphatic rings. The molecule has 0 radical (unpaired) electrons. The van der Waals surface area contributed by atoms with Crippen molar-refractivity contribution in [1.82, 2.24) is 19.4 Å². The molecule has 0 bridgehead atoms. The van der Waals surface area contributed by atoms with Gasteiger partial charge in [-0.3, -0.25) is 4.79 Å². The Morgan fingerprint density at radius 2 is 1.79 bits per heavy atom. The largest absolute Gasteiger partial charge is 0.330 e. The van der Waals surface area contributed by atoms with Crippen LogP contribution in [-0.4, -0.2) is 31.9 Å². The van der Waals surface area contributed by atoms with E-state index in [1.807, 2.05) is 28.6 Å². The molecule has 0 spiro atoms. The van der Waals surface area contributed by atoms with Crippen LogP contribution in [0.25, 0.3) is 22.6 Å². The van der Waals surface area contributed by atoms with E-state index < -0.39 is 0 Å². The van der Waals surface area contributed by atoms with Gasteiger partial charge in [-0.1, -0.05) is 36.4 Å². The van der Waals surface area contributed by atoms with Gasteiger partial charge in [0.15, 0.2) is 5.65 Å². The van der Waals surface area contributed by atoms with Gasteiger partial charge in [-0.15, -0.1) is 0 Å². The van der Waals surface area contributed by atoms with E-state index in [9.17, 15) is 9.18 Å². The number of fused-ring (bicyclic) bond motifs is 2. The minimum absolute atomic E-state index is 0.0120. The van der Waals surface area contributed by atoms with E-state index in [-0.39, 0.29) is 17.8 Å². The highest BCUT2D eigenvalue weighted by molar-refractivity contribution is 5.96. The molecule has 0 saturated heterocycles. The van der Waals surface area contributed by atoms with Crippen molar-refractivity contribution >= 4 is 17.1 Å². The van der Waals surface area contributed by atoms with Crippen molar-refractivity contribution in [2.75, 3.05) is 6.54 Å². The number of carbonyl (C=O) groups is 1. The van der Waals surface area contributed by atoms with Crippen molar-refractivity contribution < 1.29 is 9.18 Å². The molecule has 0 N–H and O–H groups in total. The molecule has 1 aliphatic carbocycles. The number of hydrogen-bond acceptors (Lipinski definition) is 3. The summed E-state index contributed by atoms with van der Waals surface area (Å²) in [5, 5.41) is 0. The SMILES string of the molecule is C[C@@H]1c2ccccc2CCN1C(=O)c1cc(C2CC2)c2c(n1)nc(-c1ccccc1F)n2C. The number of amides is 1. The summed E-state index contributed by atoms with van der Waals surface area (Å²) in [5.41, 5.74) is 5.85. The first-order valence-electron chi connectivity index (χ1n) is 11.5. The molecule has 1 amide bonds. The summed E-state index contributed by atoms with van der Waals surface area (Å²) < 4.78 is 16.5. The monoisotopic (exact) mass is 440 g/mol. The van der Waals surface area contributed by atoms with Crippen molar-refractivity contribution in [1.29, 1.82) is 0 Å². The number of carbonyl (C=O) groups excluding carboxylic acids is 1. The van der Waals surface area contributed by atoms with Crippen LogP contribution in [0.5, 0.6) is 0 Å². The topological polar surface area (TPSA) is 51.0 Å². The third-order valence-electron chi connectivity index (χ3n) is 7.08. The third kappa shape index (κ3) is 3.24. The Morgan fingerprint density at radius 1 is 1.03 bits per heavy atom. The van der Waals surface area contributed by atoms with Crippen LogP contribution in [0.3, 0.4) is 0 Å². The first-order valence-corrected chi connectivity index (χ1v) is 11.5. The number of halogens is 1. The highest BCUT2D eigenvalue weighted by Gasteiger charge is 2.33. The van der Waals surface area contributed by atoms with E-state index in [0.29, 0.717) is 35.2 Å². The van der Waals surface area contributed by atoms with Gasteiger partial charge >= 0.3 is 0 Å². The van der Waals surface area contributed by atoms with Gasteiger partial charge in [0, 0.05) is 13.6 Å². The number of nitrogens with zero attached hydrogens (tertiary/aromatic N) is 4. The maximum atomic E-state index is 14.5. The maximum Gasteiger partial charge on any atom is 0.273 e. The lowest BCUT2D eigenvalue weighted by Crippen LogP contribution is -2.39. The van der Waals surface area contributed by atoms with Crippen LogP contribution in [-0.2, 0) is 13.5 Å². The van der Waals surface area contributed by atoms with Crippen molar-refractivity contribution in [2.45, 2.75) is 38.1 Å². The second-order valence-electron chi connectivity index (χ2n) is 9.14. The summed E-state index contributed by atoms with van der Waals surface area (Å²) in [4.78, 5) is 25.0. The third-order valence-corrected chi connectivity index (χ3v) is 7.08. The molecule has 33 heavy (non-hydrogen) atoms. The Balaban J connectivity index is 1.45. The standard InChI is InChI=1S/C27H25FN4O/c1-16-19-8-4-3-7-17(19)13-14-32(16)27(33)23-15-21(18-11-12-18)24-25(29-23)30-26(31(24)2)20-9-5-6-10-22(20)28/h3-10,15-16,18H,11-14H2,1-2H3/t16-/m1/s1. The lowest BCUT2D eigenvalue weighted by atomic mass is 9.93. The van der Waals surface area contributed by atoms with Crippen LogP contribution in [0.2, 0.25) is 0 Å². The van der Waals surface area contributed by atoms with Crippen LogP contribution in [0.4, 0.5) is 4.39 Å². The first kappa shape index (κ1) is 20.1. The normalized spacial score (nSPS) is 17.9. The average Bonchev–Trinajstić information content (AvgIpc) is 3.63. The van der Waals surface area contributed by atoms with Crippen molar-refractivity contribution in [3.8, 4) is 11.4 Å². The highest BCUT2D eigenvalue weighted by Crippen LogP contribution is 2.44. The number of aromatic nitrogens is 3. The fourth-order valence-corrected chi connectivity index (χ4v) is 5.14. The smallest absolute Gasteiger partial charge is 0.273 e. The minimum atomic E-state index is -0.319. The summed E-state index contributed by atoms with van der Waals surface area (Å²) in [5.74, 6) is 0.535. The molecule has 4 aromatic rings. The molecule has 0 unspecified atom stereocenters. The van der Waals surface area contributed by atoms with Crippen LogP contribution < -0.4 is 0 Å². The van der Waals surface area contributed by atoms with Gasteiger partial charge in [-0.05, 0) is 67.0 Å². The van der Waals surface area contributed by atoms with Gasteiger partial charge in [0.05, 0.1) is 17.1 Å². The summed E-state index contributed by atoms with van der Waals surface area (Å²) in [6.07, 6.45) is 3.01. The number of benzene rings is 2. The zero-order chi connectivity index (χ0) is 22.7. The summed E-state index contributed by atoms with van der Waals surface area (Å²) in [7, 11) is 1.90. The minimum Gasteiger partial charge on any atom is -0.330 e. The van der Waals surface area contributed by atoms with E-state index in [1.54, 1.807) is 18.2 Å². The number of aryl methyl sites for hydroxylation is 1. The summed E-state index contributed by atoms with van der Waals surface area (Å²) in [6, 6.07) is 16.9. The molecule has 5 nitrogen and oxygen atoms in total. The molecule has 2 aromatic carbocycles. The fraction of sp³-hybridized carbons (Fsp3) is 0.296. The van der Waals surface area contributed by atoms with Gasteiger partial charge in [0.25, 0.3) is 5.91 Å². The average molecular weight is 441 g/mol. The van der Waals surface area contributed by atoms with Crippen molar-refractivity contribution in [2.24, 2.45) is 7.05 Å². The van der Waals surface area contributed by atoms with Gasteiger partial charge in [-0.25, -0.2) is 14.4 Å².